The third kappa shape index (κ3) is 12.8. The number of amides is 1. The molecule has 0 spiro atoms. The highest BCUT2D eigenvalue weighted by Crippen LogP contribution is 2.31. The van der Waals surface area contributed by atoms with Gasteiger partial charge in [0, 0.05) is 25.8 Å². The molecule has 3 saturated heterocycles. The lowest BCUT2D eigenvalue weighted by atomic mass is 9.96. The zero-order valence-corrected chi connectivity index (χ0v) is 29.5. The van der Waals surface area contributed by atoms with E-state index in [1.54, 1.807) is 0 Å². The first-order chi connectivity index (χ1) is 24.8. The van der Waals surface area contributed by atoms with Crippen molar-refractivity contribution >= 4 is 11.7 Å². The normalized spacial score (nSPS) is 38.2. The van der Waals surface area contributed by atoms with E-state index < -0.39 is 112 Å². The number of rotatable bonds is 22. The Morgan fingerprint density at radius 2 is 1.06 bits per heavy atom. The van der Waals surface area contributed by atoms with Crippen molar-refractivity contribution < 1.29 is 89.1 Å². The molecule has 52 heavy (non-hydrogen) atoms. The van der Waals surface area contributed by atoms with E-state index in [1.165, 1.54) is 0 Å². The van der Waals surface area contributed by atoms with Crippen LogP contribution in [0.5, 0.6) is 0 Å². The summed E-state index contributed by atoms with van der Waals surface area (Å²) < 4.78 is 33.4. The molecule has 0 aromatic heterocycles. The fourth-order valence-electron chi connectivity index (χ4n) is 6.26. The van der Waals surface area contributed by atoms with E-state index in [1.807, 2.05) is 6.92 Å². The smallest absolute Gasteiger partial charge is 0.219 e. The number of Topliss-reactive ketones (excluding diaryl/α,β-unsaturated/α-hetero) is 1. The van der Waals surface area contributed by atoms with Crippen LogP contribution in [0.1, 0.15) is 71.1 Å². The van der Waals surface area contributed by atoms with Crippen LogP contribution in [0.15, 0.2) is 0 Å². The molecule has 0 aromatic carbocycles. The molecule has 0 aromatic rings. The molecule has 3 aliphatic heterocycles. The minimum atomic E-state index is -1.87. The van der Waals surface area contributed by atoms with Gasteiger partial charge in [0.25, 0.3) is 0 Å². The molecule has 3 aliphatic rings. The molecule has 0 unspecified atom stereocenters. The SMILES string of the molecule is CCNC(=O)CCCCCCCCC(=O)CCCO[C@@H]1O[C@H](CO[C@H]2O[C@H](CO)[C@@H](O)[C@H](O)[C@@H]2O)[C@@H](O)[C@H](O[C@H]2O[C@H](CO)[C@@H](O)[C@H](O)[C@@H]2O)[C@@H]1O. The van der Waals surface area contributed by atoms with Crippen LogP contribution in [-0.4, -0.2) is 188 Å². The number of ether oxygens (including phenoxy) is 6. The lowest BCUT2D eigenvalue weighted by Crippen LogP contribution is -2.65. The quantitative estimate of drug-likeness (QED) is 0.0470. The minimum absolute atomic E-state index is 0.0232. The monoisotopic (exact) mass is 757 g/mol. The third-order valence-electron chi connectivity index (χ3n) is 9.42. The third-order valence-corrected chi connectivity index (χ3v) is 9.42. The molecule has 19 heteroatoms. The Bertz CT molecular complexity index is 1040. The minimum Gasteiger partial charge on any atom is -0.394 e. The number of hydrogen-bond acceptors (Lipinski definition) is 18. The molecule has 3 fully saturated rings. The summed E-state index contributed by atoms with van der Waals surface area (Å²) in [4.78, 5) is 23.9. The van der Waals surface area contributed by atoms with Gasteiger partial charge in [0.2, 0.25) is 5.91 Å². The van der Waals surface area contributed by atoms with Crippen molar-refractivity contribution in [3.05, 3.63) is 0 Å². The standard InChI is InChI=1S/C33H59NO18/c1-2-34-21(38)12-8-6-4-3-5-7-10-17(37)11-9-13-47-32-29(46)30(52-33-28(45)26(43)23(40)19(15-36)50-33)24(41)20(51-32)16-48-31-27(44)25(42)22(39)18(14-35)49-31/h18-20,22-33,35-36,39-46H,2-16H2,1H3,(H,34,38)/t18-,19-,20-,22-,23-,24-,25+,26+,27+,28+,29+,30+,31+,32-,33-/m1/s1. The summed E-state index contributed by atoms with van der Waals surface area (Å²) in [5.41, 5.74) is 0. The summed E-state index contributed by atoms with van der Waals surface area (Å²) in [5, 5.41) is 105. The van der Waals surface area contributed by atoms with E-state index >= 15 is 0 Å². The van der Waals surface area contributed by atoms with Crippen molar-refractivity contribution in [2.24, 2.45) is 0 Å². The Morgan fingerprint density at radius 1 is 0.558 bits per heavy atom. The van der Waals surface area contributed by atoms with Gasteiger partial charge in [-0.15, -0.1) is 0 Å². The molecular formula is C33H59NO18. The fourth-order valence-corrected chi connectivity index (χ4v) is 6.26. The molecule has 0 saturated carbocycles. The second-order valence-electron chi connectivity index (χ2n) is 13.4. The molecule has 304 valence electrons. The summed E-state index contributed by atoms with van der Waals surface area (Å²) in [7, 11) is 0. The van der Waals surface area contributed by atoms with Crippen LogP contribution in [0, 0.1) is 0 Å². The van der Waals surface area contributed by atoms with Gasteiger partial charge in [0.15, 0.2) is 18.9 Å². The maximum Gasteiger partial charge on any atom is 0.219 e. The molecule has 3 rings (SSSR count). The van der Waals surface area contributed by atoms with Crippen molar-refractivity contribution in [1.82, 2.24) is 5.32 Å². The lowest BCUT2D eigenvalue weighted by molar-refractivity contribution is -0.366. The van der Waals surface area contributed by atoms with Crippen molar-refractivity contribution in [3.8, 4) is 0 Å². The first-order valence-corrected chi connectivity index (χ1v) is 18.1. The van der Waals surface area contributed by atoms with E-state index in [4.69, 9.17) is 28.4 Å². The topological polar surface area (TPSA) is 304 Å². The van der Waals surface area contributed by atoms with E-state index in [2.05, 4.69) is 5.32 Å². The van der Waals surface area contributed by atoms with E-state index in [0.717, 1.165) is 38.5 Å². The van der Waals surface area contributed by atoms with Crippen LogP contribution in [-0.2, 0) is 38.0 Å². The molecule has 15 atom stereocenters. The predicted molar refractivity (Wildman–Crippen MR) is 175 cm³/mol. The van der Waals surface area contributed by atoms with Gasteiger partial charge in [0.05, 0.1) is 26.4 Å². The number of carbonyl (C=O) groups is 2. The molecule has 1 amide bonds. The number of nitrogens with one attached hydrogen (secondary N) is 1. The highest BCUT2D eigenvalue weighted by Gasteiger charge is 2.52. The second-order valence-corrected chi connectivity index (χ2v) is 13.4. The largest absolute Gasteiger partial charge is 0.394 e. The number of carbonyl (C=O) groups excluding carboxylic acids is 2. The number of hydrogen-bond donors (Lipinski definition) is 11. The van der Waals surface area contributed by atoms with E-state index in [-0.39, 0.29) is 31.1 Å². The Morgan fingerprint density at radius 3 is 1.65 bits per heavy atom. The molecular weight excluding hydrogens is 698 g/mol. The molecule has 3 heterocycles. The Hall–Kier alpha value is -1.50. The summed E-state index contributed by atoms with van der Waals surface area (Å²) in [6, 6.07) is 0. The van der Waals surface area contributed by atoms with Crippen molar-refractivity contribution in [2.45, 2.75) is 163 Å². The maximum atomic E-state index is 12.5. The van der Waals surface area contributed by atoms with Gasteiger partial charge >= 0.3 is 0 Å². The van der Waals surface area contributed by atoms with Gasteiger partial charge in [-0.1, -0.05) is 25.7 Å². The molecule has 0 aliphatic carbocycles. The number of unbranched alkanes of at least 4 members (excludes halogenated alkanes) is 5. The zero-order chi connectivity index (χ0) is 38.4. The number of aliphatic hydroxyl groups is 10. The first kappa shape index (κ1) is 44.9. The number of ketones is 1. The van der Waals surface area contributed by atoms with E-state index in [0.29, 0.717) is 19.4 Å². The highest BCUT2D eigenvalue weighted by molar-refractivity contribution is 5.78. The summed E-state index contributed by atoms with van der Waals surface area (Å²) in [6.45, 7) is 0.374. The average Bonchev–Trinajstić information content (AvgIpc) is 3.12. The molecule has 0 bridgehead atoms. The molecule has 19 nitrogen and oxygen atoms in total. The number of aliphatic hydroxyl groups excluding tert-OH is 10. The van der Waals surface area contributed by atoms with Gasteiger partial charge < -0.3 is 84.8 Å². The van der Waals surface area contributed by atoms with Crippen LogP contribution in [0.3, 0.4) is 0 Å². The Kier molecular flexibility index (Phi) is 19.7. The Labute approximate surface area is 302 Å². The van der Waals surface area contributed by atoms with Crippen LogP contribution in [0.2, 0.25) is 0 Å². The lowest BCUT2D eigenvalue weighted by Gasteiger charge is -2.46. The predicted octanol–water partition coefficient (Wildman–Crippen LogP) is -3.94. The van der Waals surface area contributed by atoms with E-state index in [9.17, 15) is 60.7 Å². The van der Waals surface area contributed by atoms with Gasteiger partial charge in [-0.2, -0.15) is 0 Å². The Balaban J connectivity index is 1.54. The van der Waals surface area contributed by atoms with Crippen molar-refractivity contribution in [2.75, 3.05) is 33.0 Å². The molecule has 11 N–H and O–H groups in total. The second kappa shape index (κ2) is 22.8. The van der Waals surface area contributed by atoms with Gasteiger partial charge in [-0.25, -0.2) is 0 Å². The van der Waals surface area contributed by atoms with Crippen LogP contribution in [0.4, 0.5) is 0 Å². The maximum absolute atomic E-state index is 12.5. The summed E-state index contributed by atoms with van der Waals surface area (Å²) in [6.07, 6.45) is -17.9. The van der Waals surface area contributed by atoms with Gasteiger partial charge in [0.1, 0.15) is 79.0 Å². The first-order valence-electron chi connectivity index (χ1n) is 18.1. The highest BCUT2D eigenvalue weighted by atomic mass is 16.7. The van der Waals surface area contributed by atoms with Crippen LogP contribution >= 0.6 is 0 Å². The average molecular weight is 758 g/mol. The van der Waals surface area contributed by atoms with Gasteiger partial charge in [-0.3, -0.25) is 9.59 Å². The zero-order valence-electron chi connectivity index (χ0n) is 29.5. The van der Waals surface area contributed by atoms with Crippen molar-refractivity contribution in [1.29, 1.82) is 0 Å². The summed E-state index contributed by atoms with van der Waals surface area (Å²) in [5.74, 6) is 0.0797. The molecule has 0 radical (unpaired) electrons. The summed E-state index contributed by atoms with van der Waals surface area (Å²) >= 11 is 0. The fraction of sp³-hybridized carbons (Fsp3) is 0.939. The van der Waals surface area contributed by atoms with Crippen molar-refractivity contribution in [3.63, 3.8) is 0 Å². The van der Waals surface area contributed by atoms with Gasteiger partial charge in [-0.05, 0) is 26.2 Å². The van der Waals surface area contributed by atoms with Crippen LogP contribution < -0.4 is 5.32 Å². The van der Waals surface area contributed by atoms with Crippen LogP contribution in [0.25, 0.3) is 0 Å².